The van der Waals surface area contributed by atoms with Crippen molar-refractivity contribution in [3.8, 4) is 6.07 Å². The second kappa shape index (κ2) is 9.16. The number of nitrogens with zero attached hydrogens (tertiary/aromatic N) is 1. The molecule has 1 aromatic carbocycles. The minimum absolute atomic E-state index is 0.0352. The van der Waals surface area contributed by atoms with Crippen molar-refractivity contribution in [3.05, 3.63) is 40.0 Å². The van der Waals surface area contributed by atoms with Crippen molar-refractivity contribution in [2.24, 2.45) is 0 Å². The standard InChI is InChI=1S/C15H18BrN3O2/c1-11-8-13(4-5-14(11)16)19-10-12(9-17)15(20)18-6-3-7-21-2/h4-5,8,10,19H,3,6-7H2,1-2H3,(H,18,20)/b12-10-. The minimum atomic E-state index is -0.394. The minimum Gasteiger partial charge on any atom is -0.385 e. The third-order valence-corrected chi connectivity index (χ3v) is 3.61. The molecule has 0 saturated carbocycles. The number of amides is 1. The van der Waals surface area contributed by atoms with Crippen LogP contribution >= 0.6 is 15.9 Å². The Bertz CT molecular complexity index is 565. The smallest absolute Gasteiger partial charge is 0.263 e. The first kappa shape index (κ1) is 17.2. The molecule has 0 heterocycles. The monoisotopic (exact) mass is 351 g/mol. The SMILES string of the molecule is COCCCNC(=O)/C(C#N)=C\Nc1ccc(Br)c(C)c1. The van der Waals surface area contributed by atoms with Gasteiger partial charge in [0.1, 0.15) is 11.6 Å². The van der Waals surface area contributed by atoms with E-state index in [1.54, 1.807) is 7.11 Å². The second-order valence-corrected chi connectivity index (χ2v) is 5.23. The summed E-state index contributed by atoms with van der Waals surface area (Å²) in [5.74, 6) is -0.394. The van der Waals surface area contributed by atoms with Crippen LogP contribution in [0.3, 0.4) is 0 Å². The summed E-state index contributed by atoms with van der Waals surface area (Å²) in [7, 11) is 1.60. The van der Waals surface area contributed by atoms with Crippen LogP contribution in [0, 0.1) is 18.3 Å². The highest BCUT2D eigenvalue weighted by Gasteiger charge is 2.07. The first-order chi connectivity index (χ1) is 10.1. The third-order valence-electron chi connectivity index (χ3n) is 2.72. The number of rotatable bonds is 7. The van der Waals surface area contributed by atoms with Crippen LogP contribution in [0.5, 0.6) is 0 Å². The lowest BCUT2D eigenvalue weighted by atomic mass is 10.2. The maximum atomic E-state index is 11.8. The van der Waals surface area contributed by atoms with E-state index in [2.05, 4.69) is 26.6 Å². The number of anilines is 1. The molecule has 6 heteroatoms. The summed E-state index contributed by atoms with van der Waals surface area (Å²) in [6, 6.07) is 7.57. The molecule has 0 fully saturated rings. The van der Waals surface area contributed by atoms with E-state index >= 15 is 0 Å². The lowest BCUT2D eigenvalue weighted by Crippen LogP contribution is -2.26. The Morgan fingerprint density at radius 1 is 1.52 bits per heavy atom. The van der Waals surface area contributed by atoms with Crippen LogP contribution < -0.4 is 10.6 Å². The number of nitriles is 1. The summed E-state index contributed by atoms with van der Waals surface area (Å²) in [5.41, 5.74) is 1.92. The van der Waals surface area contributed by atoms with Gasteiger partial charge in [0, 0.05) is 36.6 Å². The van der Waals surface area contributed by atoms with Crippen molar-refractivity contribution in [1.29, 1.82) is 5.26 Å². The van der Waals surface area contributed by atoms with E-state index in [1.807, 2.05) is 31.2 Å². The number of nitrogens with one attached hydrogen (secondary N) is 2. The van der Waals surface area contributed by atoms with Gasteiger partial charge in [-0.05, 0) is 37.1 Å². The van der Waals surface area contributed by atoms with Gasteiger partial charge in [-0.25, -0.2) is 0 Å². The summed E-state index contributed by atoms with van der Waals surface area (Å²) in [5, 5.41) is 14.6. The average Bonchev–Trinajstić information content (AvgIpc) is 2.48. The molecule has 0 unspecified atom stereocenters. The van der Waals surface area contributed by atoms with Gasteiger partial charge in [0.2, 0.25) is 0 Å². The summed E-state index contributed by atoms with van der Waals surface area (Å²) in [4.78, 5) is 11.8. The van der Waals surface area contributed by atoms with Crippen molar-refractivity contribution in [3.63, 3.8) is 0 Å². The number of aryl methyl sites for hydroxylation is 1. The Morgan fingerprint density at radius 2 is 2.29 bits per heavy atom. The van der Waals surface area contributed by atoms with Crippen LogP contribution in [0.1, 0.15) is 12.0 Å². The maximum Gasteiger partial charge on any atom is 0.263 e. The predicted molar refractivity (Wildman–Crippen MR) is 85.7 cm³/mol. The molecule has 1 aromatic rings. The highest BCUT2D eigenvalue weighted by molar-refractivity contribution is 9.10. The van der Waals surface area contributed by atoms with Gasteiger partial charge in [-0.2, -0.15) is 5.26 Å². The van der Waals surface area contributed by atoms with Gasteiger partial charge in [0.15, 0.2) is 0 Å². The topological polar surface area (TPSA) is 74.1 Å². The molecule has 2 N–H and O–H groups in total. The first-order valence-electron chi connectivity index (χ1n) is 6.48. The Labute approximate surface area is 133 Å². The number of carbonyl (C=O) groups is 1. The number of methoxy groups -OCH3 is 1. The van der Waals surface area contributed by atoms with Gasteiger partial charge in [-0.1, -0.05) is 15.9 Å². The Morgan fingerprint density at radius 3 is 2.90 bits per heavy atom. The molecule has 1 amide bonds. The van der Waals surface area contributed by atoms with Crippen molar-refractivity contribution < 1.29 is 9.53 Å². The summed E-state index contributed by atoms with van der Waals surface area (Å²) >= 11 is 3.42. The van der Waals surface area contributed by atoms with Gasteiger partial charge in [-0.15, -0.1) is 0 Å². The zero-order chi connectivity index (χ0) is 15.7. The van der Waals surface area contributed by atoms with E-state index in [1.165, 1.54) is 6.20 Å². The van der Waals surface area contributed by atoms with Gasteiger partial charge in [0.05, 0.1) is 0 Å². The molecular formula is C15H18BrN3O2. The van der Waals surface area contributed by atoms with Crippen LogP contribution in [0.25, 0.3) is 0 Å². The lowest BCUT2D eigenvalue weighted by molar-refractivity contribution is -0.117. The molecule has 0 aliphatic heterocycles. The zero-order valence-corrected chi connectivity index (χ0v) is 13.7. The fraction of sp³-hybridized carbons (Fsp3) is 0.333. The predicted octanol–water partition coefficient (Wildman–Crippen LogP) is 2.73. The summed E-state index contributed by atoms with van der Waals surface area (Å²) in [6.07, 6.45) is 2.12. The first-order valence-corrected chi connectivity index (χ1v) is 7.28. The highest BCUT2D eigenvalue weighted by Crippen LogP contribution is 2.20. The van der Waals surface area contributed by atoms with Gasteiger partial charge < -0.3 is 15.4 Å². The van der Waals surface area contributed by atoms with Crippen LogP contribution in [0.15, 0.2) is 34.4 Å². The van der Waals surface area contributed by atoms with Crippen molar-refractivity contribution in [1.82, 2.24) is 5.32 Å². The molecule has 0 aromatic heterocycles. The lowest BCUT2D eigenvalue weighted by Gasteiger charge is -2.06. The van der Waals surface area contributed by atoms with Crippen LogP contribution in [-0.2, 0) is 9.53 Å². The van der Waals surface area contributed by atoms with E-state index in [4.69, 9.17) is 10.00 Å². The van der Waals surface area contributed by atoms with Gasteiger partial charge in [-0.3, -0.25) is 4.79 Å². The summed E-state index contributed by atoms with van der Waals surface area (Å²) < 4.78 is 5.90. The van der Waals surface area contributed by atoms with E-state index in [0.29, 0.717) is 19.6 Å². The average molecular weight is 352 g/mol. The van der Waals surface area contributed by atoms with E-state index in [0.717, 1.165) is 15.7 Å². The maximum absolute atomic E-state index is 11.8. The second-order valence-electron chi connectivity index (χ2n) is 4.38. The Balaban J connectivity index is 2.60. The van der Waals surface area contributed by atoms with Crippen LogP contribution in [-0.4, -0.2) is 26.2 Å². The molecule has 0 spiro atoms. The molecule has 0 atom stereocenters. The fourth-order valence-corrected chi connectivity index (χ4v) is 1.80. The van der Waals surface area contributed by atoms with E-state index < -0.39 is 5.91 Å². The number of hydrogen-bond acceptors (Lipinski definition) is 4. The van der Waals surface area contributed by atoms with E-state index in [-0.39, 0.29) is 5.57 Å². The molecule has 0 aliphatic rings. The fourth-order valence-electron chi connectivity index (χ4n) is 1.55. The molecule has 0 radical (unpaired) electrons. The van der Waals surface area contributed by atoms with Crippen LogP contribution in [0.4, 0.5) is 5.69 Å². The molecule has 21 heavy (non-hydrogen) atoms. The highest BCUT2D eigenvalue weighted by atomic mass is 79.9. The van der Waals surface area contributed by atoms with Crippen molar-refractivity contribution >= 4 is 27.5 Å². The third kappa shape index (κ3) is 5.98. The molecule has 1 rings (SSSR count). The Kier molecular flexibility index (Phi) is 7.51. The molecule has 0 saturated heterocycles. The normalized spacial score (nSPS) is 10.9. The number of halogens is 1. The number of benzene rings is 1. The molecule has 0 bridgehead atoms. The Hall–Kier alpha value is -1.84. The number of hydrogen-bond donors (Lipinski definition) is 2. The number of ether oxygens (including phenoxy) is 1. The molecule has 112 valence electrons. The quantitative estimate of drug-likeness (QED) is 0.450. The molecular weight excluding hydrogens is 334 g/mol. The summed E-state index contributed by atoms with van der Waals surface area (Å²) in [6.45, 7) is 3.01. The molecule has 5 nitrogen and oxygen atoms in total. The van der Waals surface area contributed by atoms with E-state index in [9.17, 15) is 4.79 Å². The van der Waals surface area contributed by atoms with Crippen molar-refractivity contribution in [2.45, 2.75) is 13.3 Å². The van der Waals surface area contributed by atoms with Gasteiger partial charge >= 0.3 is 0 Å². The van der Waals surface area contributed by atoms with Crippen LogP contribution in [0.2, 0.25) is 0 Å². The zero-order valence-electron chi connectivity index (χ0n) is 12.1. The number of carbonyl (C=O) groups excluding carboxylic acids is 1. The molecule has 0 aliphatic carbocycles. The van der Waals surface area contributed by atoms with Crippen molar-refractivity contribution in [2.75, 3.05) is 25.6 Å². The van der Waals surface area contributed by atoms with Gasteiger partial charge in [0.25, 0.3) is 5.91 Å². The largest absolute Gasteiger partial charge is 0.385 e.